The Morgan fingerprint density at radius 1 is 1.15 bits per heavy atom. The van der Waals surface area contributed by atoms with Crippen molar-refractivity contribution in [2.45, 2.75) is 25.8 Å². The van der Waals surface area contributed by atoms with Crippen molar-refractivity contribution >= 4 is 23.5 Å². The van der Waals surface area contributed by atoms with Gasteiger partial charge in [-0.25, -0.2) is 4.98 Å². The van der Waals surface area contributed by atoms with E-state index < -0.39 is 0 Å². The van der Waals surface area contributed by atoms with Crippen LogP contribution in [0.25, 0.3) is 16.9 Å². The summed E-state index contributed by atoms with van der Waals surface area (Å²) in [5.74, 6) is 0.412. The summed E-state index contributed by atoms with van der Waals surface area (Å²) in [5.41, 5.74) is 3.84. The van der Waals surface area contributed by atoms with Crippen LogP contribution < -0.4 is 10.6 Å². The van der Waals surface area contributed by atoms with Crippen molar-refractivity contribution in [1.82, 2.24) is 14.9 Å². The van der Waals surface area contributed by atoms with E-state index in [1.807, 2.05) is 66.2 Å². The molecule has 1 saturated carbocycles. The molecular formula is C21H21ClN4O. The number of aromatic nitrogens is 2. The van der Waals surface area contributed by atoms with Gasteiger partial charge in [-0.1, -0.05) is 41.4 Å². The first kappa shape index (κ1) is 17.8. The molecule has 1 aliphatic carbocycles. The highest BCUT2D eigenvalue weighted by Crippen LogP contribution is 2.26. The van der Waals surface area contributed by atoms with Crippen LogP contribution in [0, 0.1) is 6.92 Å². The summed E-state index contributed by atoms with van der Waals surface area (Å²) < 4.78 is 1.90. The summed E-state index contributed by atoms with van der Waals surface area (Å²) in [5, 5.41) is 6.83. The van der Waals surface area contributed by atoms with Crippen LogP contribution in [0.3, 0.4) is 0 Å². The number of carbonyl (C=O) groups excluding carboxylic acids is 1. The predicted octanol–water partition coefficient (Wildman–Crippen LogP) is 4.19. The van der Waals surface area contributed by atoms with Gasteiger partial charge in [-0.05, 0) is 44.0 Å². The maximum Gasteiger partial charge on any atom is 0.240 e. The van der Waals surface area contributed by atoms with E-state index >= 15 is 0 Å². The second-order valence-corrected chi connectivity index (χ2v) is 7.30. The Labute approximate surface area is 163 Å². The third-order valence-electron chi connectivity index (χ3n) is 4.54. The van der Waals surface area contributed by atoms with Crippen molar-refractivity contribution < 1.29 is 4.79 Å². The molecule has 2 N–H and O–H groups in total. The fourth-order valence-corrected chi connectivity index (χ4v) is 2.95. The smallest absolute Gasteiger partial charge is 0.240 e. The summed E-state index contributed by atoms with van der Waals surface area (Å²) in [7, 11) is 0. The Hall–Kier alpha value is -2.63. The van der Waals surface area contributed by atoms with Crippen LogP contribution >= 0.6 is 11.6 Å². The molecule has 3 aromatic rings. The zero-order valence-corrected chi connectivity index (χ0v) is 15.8. The van der Waals surface area contributed by atoms with E-state index in [-0.39, 0.29) is 5.91 Å². The molecule has 1 aromatic heterocycles. The Bertz CT molecular complexity index is 943. The number of amides is 1. The van der Waals surface area contributed by atoms with Crippen molar-refractivity contribution in [3.05, 3.63) is 65.3 Å². The first-order valence-corrected chi connectivity index (χ1v) is 9.42. The number of hydrogen-bond donors (Lipinski definition) is 2. The first-order chi connectivity index (χ1) is 13.1. The standard InChI is InChI=1S/C21H21ClN4O/c1-14-2-10-18(11-3-14)26-13-19(15-4-6-16(22)7-5-15)24-21(26)25-20(27)12-23-17-8-9-17/h2-7,10-11,13,17,23H,8-9,12H2,1H3,(H,24,25,27). The van der Waals surface area contributed by atoms with Gasteiger partial charge in [-0.3, -0.25) is 14.7 Å². The zero-order chi connectivity index (χ0) is 18.8. The first-order valence-electron chi connectivity index (χ1n) is 9.04. The normalized spacial score (nSPS) is 13.6. The van der Waals surface area contributed by atoms with E-state index in [1.165, 1.54) is 5.56 Å². The Morgan fingerprint density at radius 2 is 1.85 bits per heavy atom. The van der Waals surface area contributed by atoms with E-state index in [1.54, 1.807) is 0 Å². The van der Waals surface area contributed by atoms with E-state index in [0.29, 0.717) is 23.6 Å². The number of imidazole rings is 1. The zero-order valence-electron chi connectivity index (χ0n) is 15.1. The molecule has 27 heavy (non-hydrogen) atoms. The lowest BCUT2D eigenvalue weighted by atomic mass is 10.2. The lowest BCUT2D eigenvalue weighted by Gasteiger charge is -2.09. The molecule has 138 valence electrons. The van der Waals surface area contributed by atoms with Gasteiger partial charge in [-0.15, -0.1) is 0 Å². The Balaban J connectivity index is 1.64. The summed E-state index contributed by atoms with van der Waals surface area (Å²) in [6.07, 6.45) is 4.22. The molecule has 6 heteroatoms. The van der Waals surface area contributed by atoms with Crippen LogP contribution in [0.4, 0.5) is 5.95 Å². The number of aryl methyl sites for hydroxylation is 1. The molecule has 0 atom stereocenters. The second-order valence-electron chi connectivity index (χ2n) is 6.87. The summed E-state index contributed by atoms with van der Waals surface area (Å²) in [4.78, 5) is 17.0. The monoisotopic (exact) mass is 380 g/mol. The minimum Gasteiger partial charge on any atom is -0.306 e. The maximum atomic E-state index is 12.3. The molecule has 4 rings (SSSR count). The highest BCUT2D eigenvalue weighted by atomic mass is 35.5. The highest BCUT2D eigenvalue weighted by molar-refractivity contribution is 6.30. The fourth-order valence-electron chi connectivity index (χ4n) is 2.82. The lowest BCUT2D eigenvalue weighted by molar-refractivity contribution is -0.115. The third-order valence-corrected chi connectivity index (χ3v) is 4.79. The van der Waals surface area contributed by atoms with Crippen LogP contribution in [-0.4, -0.2) is 28.0 Å². The van der Waals surface area contributed by atoms with Gasteiger partial charge in [-0.2, -0.15) is 0 Å². The predicted molar refractivity (Wildman–Crippen MR) is 108 cm³/mol. The summed E-state index contributed by atoms with van der Waals surface area (Å²) in [6.45, 7) is 2.34. The maximum absolute atomic E-state index is 12.3. The van der Waals surface area contributed by atoms with Gasteiger partial charge in [0.15, 0.2) is 0 Å². The van der Waals surface area contributed by atoms with E-state index in [2.05, 4.69) is 15.6 Å². The Kier molecular flexibility index (Phi) is 4.97. The van der Waals surface area contributed by atoms with Crippen molar-refractivity contribution in [3.8, 4) is 16.9 Å². The molecule has 0 aliphatic heterocycles. The Morgan fingerprint density at radius 3 is 2.52 bits per heavy atom. The molecule has 1 amide bonds. The van der Waals surface area contributed by atoms with Gasteiger partial charge < -0.3 is 5.32 Å². The molecule has 0 unspecified atom stereocenters. The molecular weight excluding hydrogens is 360 g/mol. The molecule has 0 bridgehead atoms. The largest absolute Gasteiger partial charge is 0.306 e. The number of anilines is 1. The van der Waals surface area contributed by atoms with Crippen molar-refractivity contribution in [1.29, 1.82) is 0 Å². The second kappa shape index (κ2) is 7.55. The van der Waals surface area contributed by atoms with Crippen LogP contribution in [0.2, 0.25) is 5.02 Å². The van der Waals surface area contributed by atoms with Crippen molar-refractivity contribution in [3.63, 3.8) is 0 Å². The number of hydrogen-bond acceptors (Lipinski definition) is 3. The minimum atomic E-state index is -0.0940. The number of halogens is 1. The lowest BCUT2D eigenvalue weighted by Crippen LogP contribution is -2.30. The van der Waals surface area contributed by atoms with Crippen LogP contribution in [0.1, 0.15) is 18.4 Å². The fraction of sp³-hybridized carbons (Fsp3) is 0.238. The van der Waals surface area contributed by atoms with Crippen LogP contribution in [0.5, 0.6) is 0 Å². The van der Waals surface area contributed by atoms with Gasteiger partial charge in [0.25, 0.3) is 0 Å². The highest BCUT2D eigenvalue weighted by Gasteiger charge is 2.22. The van der Waals surface area contributed by atoms with Crippen LogP contribution in [-0.2, 0) is 4.79 Å². The molecule has 1 aliphatic rings. The van der Waals surface area contributed by atoms with E-state index in [4.69, 9.17) is 11.6 Å². The molecule has 0 saturated heterocycles. The van der Waals surface area contributed by atoms with Crippen molar-refractivity contribution in [2.75, 3.05) is 11.9 Å². The van der Waals surface area contributed by atoms with Gasteiger partial charge in [0, 0.05) is 28.5 Å². The number of nitrogens with zero attached hydrogens (tertiary/aromatic N) is 2. The average Bonchev–Trinajstić information content (AvgIpc) is 3.41. The topological polar surface area (TPSA) is 59.0 Å². The third kappa shape index (κ3) is 4.38. The average molecular weight is 381 g/mol. The van der Waals surface area contributed by atoms with Crippen LogP contribution in [0.15, 0.2) is 54.7 Å². The number of benzene rings is 2. The van der Waals surface area contributed by atoms with E-state index in [0.717, 1.165) is 29.8 Å². The number of rotatable bonds is 6. The van der Waals surface area contributed by atoms with Gasteiger partial charge in [0.2, 0.25) is 11.9 Å². The summed E-state index contributed by atoms with van der Waals surface area (Å²) in [6, 6.07) is 16.1. The number of carbonyl (C=O) groups is 1. The molecule has 5 nitrogen and oxygen atoms in total. The van der Waals surface area contributed by atoms with Crippen molar-refractivity contribution in [2.24, 2.45) is 0 Å². The van der Waals surface area contributed by atoms with Gasteiger partial charge >= 0.3 is 0 Å². The quantitative estimate of drug-likeness (QED) is 0.674. The molecule has 1 heterocycles. The SMILES string of the molecule is Cc1ccc(-n2cc(-c3ccc(Cl)cc3)nc2NC(=O)CNC2CC2)cc1. The molecule has 1 fully saturated rings. The number of nitrogens with one attached hydrogen (secondary N) is 2. The van der Waals surface area contributed by atoms with Gasteiger partial charge in [0.1, 0.15) is 0 Å². The minimum absolute atomic E-state index is 0.0940. The van der Waals surface area contributed by atoms with Gasteiger partial charge in [0.05, 0.1) is 12.2 Å². The molecule has 2 aromatic carbocycles. The molecule has 0 radical (unpaired) electrons. The van der Waals surface area contributed by atoms with E-state index in [9.17, 15) is 4.79 Å². The summed E-state index contributed by atoms with van der Waals surface area (Å²) >= 11 is 5.99. The molecule has 0 spiro atoms.